The van der Waals surface area contributed by atoms with Gasteiger partial charge in [0.05, 0.1) is 0 Å². The summed E-state index contributed by atoms with van der Waals surface area (Å²) in [7, 11) is 2.27. The molecule has 124 valence electrons. The van der Waals surface area contributed by atoms with E-state index >= 15 is 0 Å². The van der Waals surface area contributed by atoms with Gasteiger partial charge in [0.1, 0.15) is 0 Å². The second-order valence-electron chi connectivity index (χ2n) is 8.75. The van der Waals surface area contributed by atoms with Crippen LogP contribution in [0.4, 0.5) is 0 Å². The van der Waals surface area contributed by atoms with Crippen LogP contribution in [0.2, 0.25) is 0 Å². The van der Waals surface area contributed by atoms with Crippen LogP contribution < -0.4 is 5.32 Å². The molecule has 1 saturated carbocycles. The van der Waals surface area contributed by atoms with Crippen molar-refractivity contribution in [2.45, 2.75) is 71.4 Å². The van der Waals surface area contributed by atoms with E-state index in [1.54, 1.807) is 0 Å². The summed E-state index contributed by atoms with van der Waals surface area (Å²) in [4.78, 5) is 5.28. The molecule has 0 aromatic heterocycles. The summed E-state index contributed by atoms with van der Waals surface area (Å²) in [5.41, 5.74) is 0.755. The van der Waals surface area contributed by atoms with E-state index in [4.69, 9.17) is 0 Å². The van der Waals surface area contributed by atoms with Crippen LogP contribution in [0.1, 0.15) is 59.8 Å². The molecule has 0 amide bonds. The minimum Gasteiger partial charge on any atom is -0.311 e. The van der Waals surface area contributed by atoms with Crippen molar-refractivity contribution in [1.29, 1.82) is 0 Å². The molecule has 2 fully saturated rings. The lowest BCUT2D eigenvalue weighted by Crippen LogP contribution is -2.50. The summed E-state index contributed by atoms with van der Waals surface area (Å²) in [6.07, 6.45) is 7.00. The maximum atomic E-state index is 3.80. The molecular formula is C18H37N3. The highest BCUT2D eigenvalue weighted by Crippen LogP contribution is 2.39. The zero-order chi connectivity index (χ0) is 15.5. The molecule has 1 unspecified atom stereocenters. The van der Waals surface area contributed by atoms with Gasteiger partial charge < -0.3 is 10.2 Å². The topological polar surface area (TPSA) is 18.5 Å². The Morgan fingerprint density at radius 3 is 2.38 bits per heavy atom. The van der Waals surface area contributed by atoms with E-state index in [0.717, 1.165) is 0 Å². The van der Waals surface area contributed by atoms with E-state index in [0.29, 0.717) is 11.5 Å². The minimum atomic E-state index is 0.236. The van der Waals surface area contributed by atoms with Crippen LogP contribution in [0.25, 0.3) is 0 Å². The average Bonchev–Trinajstić information content (AvgIpc) is 2.77. The number of rotatable bonds is 4. The van der Waals surface area contributed by atoms with Crippen molar-refractivity contribution < 1.29 is 0 Å². The molecule has 0 aromatic rings. The maximum Gasteiger partial charge on any atom is 0.0195 e. The molecule has 3 nitrogen and oxygen atoms in total. The van der Waals surface area contributed by atoms with Crippen LogP contribution in [-0.4, -0.2) is 61.2 Å². The third-order valence-corrected chi connectivity index (χ3v) is 5.38. The van der Waals surface area contributed by atoms with Crippen molar-refractivity contribution in [2.75, 3.05) is 39.8 Å². The molecule has 1 saturated heterocycles. The van der Waals surface area contributed by atoms with Crippen molar-refractivity contribution >= 4 is 0 Å². The van der Waals surface area contributed by atoms with Gasteiger partial charge in [-0.15, -0.1) is 0 Å². The lowest BCUT2D eigenvalue weighted by Gasteiger charge is -2.40. The van der Waals surface area contributed by atoms with Crippen molar-refractivity contribution in [1.82, 2.24) is 15.1 Å². The van der Waals surface area contributed by atoms with E-state index in [9.17, 15) is 0 Å². The van der Waals surface area contributed by atoms with Gasteiger partial charge in [0.25, 0.3) is 0 Å². The van der Waals surface area contributed by atoms with E-state index in [-0.39, 0.29) is 5.54 Å². The van der Waals surface area contributed by atoms with Crippen LogP contribution in [0, 0.1) is 5.41 Å². The fourth-order valence-corrected chi connectivity index (χ4v) is 4.06. The molecule has 0 radical (unpaired) electrons. The molecular weight excluding hydrogens is 258 g/mol. The first-order chi connectivity index (χ1) is 9.80. The van der Waals surface area contributed by atoms with Crippen LogP contribution in [0.5, 0.6) is 0 Å². The number of hydrogen-bond donors (Lipinski definition) is 1. The van der Waals surface area contributed by atoms with Gasteiger partial charge in [0.2, 0.25) is 0 Å². The minimum absolute atomic E-state index is 0.236. The molecule has 0 spiro atoms. The quantitative estimate of drug-likeness (QED) is 0.860. The predicted octanol–water partition coefficient (Wildman–Crippen LogP) is 2.96. The van der Waals surface area contributed by atoms with Gasteiger partial charge in [-0.3, -0.25) is 4.90 Å². The Labute approximate surface area is 132 Å². The summed E-state index contributed by atoms with van der Waals surface area (Å²) >= 11 is 0. The summed E-state index contributed by atoms with van der Waals surface area (Å²) in [5.74, 6) is 0. The average molecular weight is 296 g/mol. The van der Waals surface area contributed by atoms with Crippen LogP contribution in [-0.2, 0) is 0 Å². The standard InChI is InChI=1S/C18H37N3/c1-16-13-20(5)11-8-12-21(16)15-18(9-6-7-10-18)14-19-17(2,3)4/h16,19H,6-15H2,1-5H3. The number of likely N-dealkylation sites (N-methyl/N-ethyl adjacent to an activating group) is 1. The fourth-order valence-electron chi connectivity index (χ4n) is 4.06. The summed E-state index contributed by atoms with van der Waals surface area (Å²) in [5, 5.41) is 3.80. The first kappa shape index (κ1) is 17.2. The molecule has 0 bridgehead atoms. The zero-order valence-corrected chi connectivity index (χ0v) is 15.0. The smallest absolute Gasteiger partial charge is 0.0195 e. The van der Waals surface area contributed by atoms with Crippen molar-refractivity contribution in [3.8, 4) is 0 Å². The van der Waals surface area contributed by atoms with Gasteiger partial charge >= 0.3 is 0 Å². The Morgan fingerprint density at radius 2 is 1.76 bits per heavy atom. The van der Waals surface area contributed by atoms with Gasteiger partial charge in [-0.05, 0) is 72.5 Å². The zero-order valence-electron chi connectivity index (χ0n) is 15.0. The van der Waals surface area contributed by atoms with E-state index < -0.39 is 0 Å². The Balaban J connectivity index is 1.98. The second-order valence-corrected chi connectivity index (χ2v) is 8.75. The summed E-state index contributed by atoms with van der Waals surface area (Å²) in [6.45, 7) is 15.5. The number of nitrogens with one attached hydrogen (secondary N) is 1. The number of hydrogen-bond acceptors (Lipinski definition) is 3. The molecule has 0 aromatic carbocycles. The Morgan fingerprint density at radius 1 is 1.10 bits per heavy atom. The van der Waals surface area contributed by atoms with E-state index in [1.807, 2.05) is 0 Å². The highest BCUT2D eigenvalue weighted by Gasteiger charge is 2.37. The van der Waals surface area contributed by atoms with Gasteiger partial charge in [0.15, 0.2) is 0 Å². The molecule has 1 aliphatic heterocycles. The molecule has 1 heterocycles. The van der Waals surface area contributed by atoms with Crippen LogP contribution in [0.3, 0.4) is 0 Å². The summed E-state index contributed by atoms with van der Waals surface area (Å²) < 4.78 is 0. The lowest BCUT2D eigenvalue weighted by molar-refractivity contribution is 0.110. The SMILES string of the molecule is CC1CN(C)CCCN1CC1(CNC(C)(C)C)CCCC1. The molecule has 1 atom stereocenters. The third kappa shape index (κ3) is 5.22. The Hall–Kier alpha value is -0.120. The van der Waals surface area contributed by atoms with Crippen molar-refractivity contribution in [3.05, 3.63) is 0 Å². The lowest BCUT2D eigenvalue weighted by atomic mass is 9.84. The van der Waals surface area contributed by atoms with E-state index in [1.165, 1.54) is 64.8 Å². The highest BCUT2D eigenvalue weighted by molar-refractivity contribution is 4.93. The largest absolute Gasteiger partial charge is 0.311 e. The monoisotopic (exact) mass is 295 g/mol. The fraction of sp³-hybridized carbons (Fsp3) is 1.00. The van der Waals surface area contributed by atoms with Crippen molar-refractivity contribution in [2.24, 2.45) is 5.41 Å². The van der Waals surface area contributed by atoms with Gasteiger partial charge in [-0.1, -0.05) is 12.8 Å². The molecule has 2 rings (SSSR count). The molecule has 1 aliphatic carbocycles. The first-order valence-corrected chi connectivity index (χ1v) is 8.97. The molecule has 2 aliphatic rings. The van der Waals surface area contributed by atoms with E-state index in [2.05, 4.69) is 49.9 Å². The second kappa shape index (κ2) is 6.97. The molecule has 21 heavy (non-hydrogen) atoms. The van der Waals surface area contributed by atoms with Gasteiger partial charge in [-0.2, -0.15) is 0 Å². The Kier molecular flexibility index (Phi) is 5.72. The third-order valence-electron chi connectivity index (χ3n) is 5.38. The van der Waals surface area contributed by atoms with Gasteiger partial charge in [0, 0.05) is 31.2 Å². The number of nitrogens with zero attached hydrogens (tertiary/aromatic N) is 2. The highest BCUT2D eigenvalue weighted by atomic mass is 15.2. The molecule has 3 heteroatoms. The van der Waals surface area contributed by atoms with Crippen molar-refractivity contribution in [3.63, 3.8) is 0 Å². The maximum absolute atomic E-state index is 3.80. The normalized spacial score (nSPS) is 28.7. The Bertz CT molecular complexity index is 315. The first-order valence-electron chi connectivity index (χ1n) is 8.97. The van der Waals surface area contributed by atoms with Crippen LogP contribution >= 0.6 is 0 Å². The predicted molar refractivity (Wildman–Crippen MR) is 91.8 cm³/mol. The van der Waals surface area contributed by atoms with Crippen LogP contribution in [0.15, 0.2) is 0 Å². The summed E-state index contributed by atoms with van der Waals surface area (Å²) in [6, 6.07) is 0.699. The molecule has 1 N–H and O–H groups in total. The van der Waals surface area contributed by atoms with Gasteiger partial charge in [-0.25, -0.2) is 0 Å².